The Hall–Kier alpha value is -1.60. The molecule has 1 aromatic rings. The van der Waals surface area contributed by atoms with E-state index in [0.717, 1.165) is 25.5 Å². The summed E-state index contributed by atoms with van der Waals surface area (Å²) in [5.74, 6) is 1.60. The Balaban J connectivity index is 1.65. The standard InChI is InChI=1S/C17H29N5O2/c1-4-21-9-10-22(11-15(21)16-18-7-8-20(16)2)17(23)19-14(12-24-3)13-5-6-13/h7-8,13-15H,4-6,9-12H2,1-3H3,(H,19,23)/t14-,15+/m0/s1. The molecule has 1 aliphatic heterocycles. The van der Waals surface area contributed by atoms with Gasteiger partial charge in [0.05, 0.1) is 18.7 Å². The highest BCUT2D eigenvalue weighted by atomic mass is 16.5. The summed E-state index contributed by atoms with van der Waals surface area (Å²) in [4.78, 5) is 21.5. The maximum Gasteiger partial charge on any atom is 0.317 e. The van der Waals surface area contributed by atoms with Crippen molar-refractivity contribution < 1.29 is 9.53 Å². The fraction of sp³-hybridized carbons (Fsp3) is 0.765. The van der Waals surface area contributed by atoms with Gasteiger partial charge in [-0.2, -0.15) is 0 Å². The van der Waals surface area contributed by atoms with Gasteiger partial charge in [-0.25, -0.2) is 9.78 Å². The number of urea groups is 1. The number of aromatic nitrogens is 2. The SMILES string of the molecule is CCN1CCN(C(=O)N[C@@H](COC)C2CC2)C[C@@H]1c1nccn1C. The number of piperazine rings is 1. The first kappa shape index (κ1) is 17.2. The number of nitrogens with one attached hydrogen (secondary N) is 1. The van der Waals surface area contributed by atoms with E-state index in [2.05, 4.69) is 22.1 Å². The van der Waals surface area contributed by atoms with Gasteiger partial charge in [0, 0.05) is 46.2 Å². The first-order valence-electron chi connectivity index (χ1n) is 8.89. The maximum absolute atomic E-state index is 12.7. The van der Waals surface area contributed by atoms with Crippen LogP contribution in [0.5, 0.6) is 0 Å². The number of carbonyl (C=O) groups is 1. The molecular formula is C17H29N5O2. The van der Waals surface area contributed by atoms with Crippen molar-refractivity contribution in [2.24, 2.45) is 13.0 Å². The van der Waals surface area contributed by atoms with Crippen LogP contribution in [0.15, 0.2) is 12.4 Å². The van der Waals surface area contributed by atoms with Crippen LogP contribution in [0.25, 0.3) is 0 Å². The largest absolute Gasteiger partial charge is 0.383 e. The lowest BCUT2D eigenvalue weighted by Crippen LogP contribution is -2.55. The summed E-state index contributed by atoms with van der Waals surface area (Å²) < 4.78 is 7.32. The zero-order chi connectivity index (χ0) is 17.1. The van der Waals surface area contributed by atoms with Crippen molar-refractivity contribution in [1.29, 1.82) is 0 Å². The van der Waals surface area contributed by atoms with Gasteiger partial charge in [-0.1, -0.05) is 6.92 Å². The number of ether oxygens (including phenoxy) is 1. The van der Waals surface area contributed by atoms with Crippen LogP contribution in [0.2, 0.25) is 0 Å². The summed E-state index contributed by atoms with van der Waals surface area (Å²) in [7, 11) is 3.70. The Labute approximate surface area is 144 Å². The molecule has 0 spiro atoms. The Morgan fingerprint density at radius 1 is 1.46 bits per heavy atom. The number of amides is 2. The Bertz CT molecular complexity index is 557. The van der Waals surface area contributed by atoms with Gasteiger partial charge in [-0.3, -0.25) is 4.90 Å². The highest BCUT2D eigenvalue weighted by molar-refractivity contribution is 5.74. The predicted molar refractivity (Wildman–Crippen MR) is 91.7 cm³/mol. The van der Waals surface area contributed by atoms with E-state index in [9.17, 15) is 4.79 Å². The number of nitrogens with zero attached hydrogens (tertiary/aromatic N) is 4. The van der Waals surface area contributed by atoms with E-state index < -0.39 is 0 Å². The molecule has 7 heteroatoms. The number of hydrogen-bond donors (Lipinski definition) is 1. The minimum absolute atomic E-state index is 0.0268. The number of likely N-dealkylation sites (N-methyl/N-ethyl adjacent to an activating group) is 1. The molecular weight excluding hydrogens is 306 g/mol. The minimum Gasteiger partial charge on any atom is -0.383 e. The van der Waals surface area contributed by atoms with Crippen LogP contribution < -0.4 is 5.32 Å². The van der Waals surface area contributed by atoms with Gasteiger partial charge in [0.2, 0.25) is 0 Å². The van der Waals surface area contributed by atoms with Gasteiger partial charge in [-0.05, 0) is 25.3 Å². The van der Waals surface area contributed by atoms with Crippen molar-refractivity contribution in [1.82, 2.24) is 24.7 Å². The van der Waals surface area contributed by atoms with Crippen LogP contribution in [-0.4, -0.2) is 71.3 Å². The van der Waals surface area contributed by atoms with E-state index in [1.165, 1.54) is 12.8 Å². The van der Waals surface area contributed by atoms with Crippen LogP contribution in [0, 0.1) is 5.92 Å². The van der Waals surface area contributed by atoms with Gasteiger partial charge >= 0.3 is 6.03 Å². The number of rotatable bonds is 6. The number of methoxy groups -OCH3 is 1. The molecule has 1 saturated carbocycles. The number of imidazole rings is 1. The molecule has 7 nitrogen and oxygen atoms in total. The average Bonchev–Trinajstić information content (AvgIpc) is 3.35. The minimum atomic E-state index is 0.0268. The third kappa shape index (κ3) is 3.72. The van der Waals surface area contributed by atoms with Gasteiger partial charge in [-0.15, -0.1) is 0 Å². The van der Waals surface area contributed by atoms with Crippen LogP contribution >= 0.6 is 0 Å². The highest BCUT2D eigenvalue weighted by Gasteiger charge is 2.36. The second-order valence-electron chi connectivity index (χ2n) is 6.84. The quantitative estimate of drug-likeness (QED) is 0.849. The molecule has 0 unspecified atom stereocenters. The fourth-order valence-electron chi connectivity index (χ4n) is 3.55. The van der Waals surface area contributed by atoms with Gasteiger partial charge in [0.25, 0.3) is 0 Å². The Morgan fingerprint density at radius 2 is 2.25 bits per heavy atom. The zero-order valence-electron chi connectivity index (χ0n) is 14.9. The summed E-state index contributed by atoms with van der Waals surface area (Å²) in [6.07, 6.45) is 6.16. The van der Waals surface area contributed by atoms with Crippen LogP contribution in [0.4, 0.5) is 4.79 Å². The van der Waals surface area contributed by atoms with Crippen molar-refractivity contribution in [2.45, 2.75) is 31.8 Å². The van der Waals surface area contributed by atoms with E-state index in [4.69, 9.17) is 4.74 Å². The predicted octanol–water partition coefficient (Wildman–Crippen LogP) is 1.23. The first-order valence-corrected chi connectivity index (χ1v) is 8.89. The number of hydrogen-bond acceptors (Lipinski definition) is 4. The molecule has 0 radical (unpaired) electrons. The second-order valence-corrected chi connectivity index (χ2v) is 6.84. The molecule has 1 aromatic heterocycles. The average molecular weight is 335 g/mol. The number of carbonyl (C=O) groups excluding carboxylic acids is 1. The molecule has 2 fully saturated rings. The molecule has 1 saturated heterocycles. The highest BCUT2D eigenvalue weighted by Crippen LogP contribution is 2.33. The van der Waals surface area contributed by atoms with E-state index in [1.54, 1.807) is 7.11 Å². The molecule has 3 rings (SSSR count). The van der Waals surface area contributed by atoms with Crippen molar-refractivity contribution in [3.63, 3.8) is 0 Å². The lowest BCUT2D eigenvalue weighted by atomic mass is 10.1. The third-order valence-corrected chi connectivity index (χ3v) is 5.19. The molecule has 2 heterocycles. The molecule has 24 heavy (non-hydrogen) atoms. The topological polar surface area (TPSA) is 62.6 Å². The summed E-state index contributed by atoms with van der Waals surface area (Å²) in [5, 5.41) is 3.18. The lowest BCUT2D eigenvalue weighted by molar-refractivity contribution is 0.0832. The molecule has 2 aliphatic rings. The molecule has 0 bridgehead atoms. The second kappa shape index (κ2) is 7.53. The normalized spacial score (nSPS) is 23.3. The van der Waals surface area contributed by atoms with Crippen molar-refractivity contribution in [3.8, 4) is 0 Å². The van der Waals surface area contributed by atoms with E-state index >= 15 is 0 Å². The molecule has 2 atom stereocenters. The number of aryl methyl sites for hydroxylation is 1. The third-order valence-electron chi connectivity index (χ3n) is 5.19. The molecule has 134 valence electrons. The molecule has 1 aliphatic carbocycles. The molecule has 2 amide bonds. The van der Waals surface area contributed by atoms with E-state index in [1.807, 2.05) is 28.9 Å². The van der Waals surface area contributed by atoms with Crippen molar-refractivity contribution >= 4 is 6.03 Å². The van der Waals surface area contributed by atoms with Gasteiger partial charge in [0.15, 0.2) is 0 Å². The summed E-state index contributed by atoms with van der Waals surface area (Å²) in [5.41, 5.74) is 0. The summed E-state index contributed by atoms with van der Waals surface area (Å²) >= 11 is 0. The van der Waals surface area contributed by atoms with Crippen molar-refractivity contribution in [3.05, 3.63) is 18.2 Å². The van der Waals surface area contributed by atoms with Gasteiger partial charge in [0.1, 0.15) is 5.82 Å². The van der Waals surface area contributed by atoms with E-state index in [0.29, 0.717) is 19.1 Å². The Morgan fingerprint density at radius 3 is 2.83 bits per heavy atom. The van der Waals surface area contributed by atoms with E-state index in [-0.39, 0.29) is 18.1 Å². The monoisotopic (exact) mass is 335 g/mol. The summed E-state index contributed by atoms with van der Waals surface area (Å²) in [6, 6.07) is 0.313. The van der Waals surface area contributed by atoms with Crippen LogP contribution in [0.3, 0.4) is 0 Å². The van der Waals surface area contributed by atoms with Gasteiger partial charge < -0.3 is 19.5 Å². The smallest absolute Gasteiger partial charge is 0.317 e. The van der Waals surface area contributed by atoms with Crippen LogP contribution in [-0.2, 0) is 11.8 Å². The lowest BCUT2D eigenvalue weighted by Gasteiger charge is -2.40. The maximum atomic E-state index is 12.7. The van der Waals surface area contributed by atoms with Crippen molar-refractivity contribution in [2.75, 3.05) is 39.9 Å². The van der Waals surface area contributed by atoms with Crippen LogP contribution in [0.1, 0.15) is 31.6 Å². The molecule has 0 aromatic carbocycles. The zero-order valence-corrected chi connectivity index (χ0v) is 14.9. The Kier molecular flexibility index (Phi) is 5.40. The first-order chi connectivity index (χ1) is 11.6. The molecule has 1 N–H and O–H groups in total. The fourth-order valence-corrected chi connectivity index (χ4v) is 3.55. The summed E-state index contributed by atoms with van der Waals surface area (Å²) in [6.45, 7) is 6.02.